The van der Waals surface area contributed by atoms with Crippen LogP contribution in [0.3, 0.4) is 0 Å². The van der Waals surface area contributed by atoms with Crippen molar-refractivity contribution in [1.29, 1.82) is 0 Å². The fourth-order valence-electron chi connectivity index (χ4n) is 3.80. The van der Waals surface area contributed by atoms with Gasteiger partial charge in [-0.25, -0.2) is 4.68 Å². The highest BCUT2D eigenvalue weighted by Gasteiger charge is 2.26. The summed E-state index contributed by atoms with van der Waals surface area (Å²) in [6.45, 7) is 4.01. The molecule has 0 saturated carbocycles. The van der Waals surface area contributed by atoms with Gasteiger partial charge in [-0.05, 0) is 55.3 Å². The molecule has 1 amide bonds. The fourth-order valence-corrected chi connectivity index (χ4v) is 3.93. The number of nitrogens with zero attached hydrogens (tertiary/aromatic N) is 3. The Bertz CT molecular complexity index is 1360. The van der Waals surface area contributed by atoms with Crippen LogP contribution in [0.1, 0.15) is 38.7 Å². The minimum atomic E-state index is -0.251. The first-order valence-electron chi connectivity index (χ1n) is 10.6. The predicted molar refractivity (Wildman–Crippen MR) is 132 cm³/mol. The number of rotatable bonds is 4. The average molecular weight is 456 g/mol. The molecule has 2 N–H and O–H groups in total. The molecule has 0 radical (unpaired) electrons. The van der Waals surface area contributed by atoms with Gasteiger partial charge in [-0.1, -0.05) is 71.3 Å². The van der Waals surface area contributed by atoms with Crippen LogP contribution >= 0.6 is 11.6 Å². The number of hydrogen-bond donors (Lipinski definition) is 2. The number of benzene rings is 3. The highest BCUT2D eigenvalue weighted by atomic mass is 35.5. The van der Waals surface area contributed by atoms with Gasteiger partial charge in [0.1, 0.15) is 6.04 Å². The number of hydrogen-bond acceptors (Lipinski definition) is 4. The van der Waals surface area contributed by atoms with Crippen molar-refractivity contribution < 1.29 is 4.79 Å². The van der Waals surface area contributed by atoms with Crippen LogP contribution in [0.4, 0.5) is 11.9 Å². The van der Waals surface area contributed by atoms with Crippen molar-refractivity contribution in [2.24, 2.45) is 0 Å². The second kappa shape index (κ2) is 8.56. The maximum Gasteiger partial charge on any atom is 0.258 e. The highest BCUT2D eigenvalue weighted by molar-refractivity contribution is 6.30. The quantitative estimate of drug-likeness (QED) is 0.404. The van der Waals surface area contributed by atoms with E-state index in [1.807, 2.05) is 49.4 Å². The zero-order valence-electron chi connectivity index (χ0n) is 18.2. The zero-order chi connectivity index (χ0) is 22.9. The Morgan fingerprint density at radius 1 is 1.00 bits per heavy atom. The van der Waals surface area contributed by atoms with E-state index in [1.165, 1.54) is 5.56 Å². The van der Waals surface area contributed by atoms with Gasteiger partial charge in [-0.15, -0.1) is 5.10 Å². The largest absolute Gasteiger partial charge is 0.324 e. The number of halogens is 1. The van der Waals surface area contributed by atoms with Crippen LogP contribution < -0.4 is 10.6 Å². The molecule has 164 valence electrons. The molecule has 0 spiro atoms. The molecule has 4 aromatic rings. The average Bonchev–Trinajstić information content (AvgIpc) is 3.22. The number of aromatic nitrogens is 3. The molecule has 5 rings (SSSR count). The van der Waals surface area contributed by atoms with E-state index in [0.717, 1.165) is 22.4 Å². The van der Waals surface area contributed by atoms with E-state index in [4.69, 9.17) is 11.6 Å². The van der Waals surface area contributed by atoms with Gasteiger partial charge in [0.2, 0.25) is 5.95 Å². The van der Waals surface area contributed by atoms with Crippen LogP contribution in [-0.2, 0) is 0 Å². The molecule has 0 unspecified atom stereocenters. The molecule has 0 bridgehead atoms. The fraction of sp³-hybridized carbons (Fsp3) is 0.115. The zero-order valence-corrected chi connectivity index (χ0v) is 19.0. The van der Waals surface area contributed by atoms with E-state index in [9.17, 15) is 4.79 Å². The van der Waals surface area contributed by atoms with E-state index < -0.39 is 0 Å². The van der Waals surface area contributed by atoms with Gasteiger partial charge in [-0.3, -0.25) is 10.1 Å². The van der Waals surface area contributed by atoms with E-state index in [2.05, 4.69) is 58.0 Å². The number of anilines is 2. The minimum absolute atomic E-state index is 0.190. The third-order valence-corrected chi connectivity index (χ3v) is 5.80. The third kappa shape index (κ3) is 4.38. The van der Waals surface area contributed by atoms with Gasteiger partial charge in [0.15, 0.2) is 0 Å². The Morgan fingerprint density at radius 2 is 1.76 bits per heavy atom. The summed E-state index contributed by atoms with van der Waals surface area (Å²) < 4.78 is 1.79. The summed E-state index contributed by atoms with van der Waals surface area (Å²) in [4.78, 5) is 17.3. The smallest absolute Gasteiger partial charge is 0.258 e. The molecule has 3 aromatic carbocycles. The Balaban J connectivity index is 1.51. The van der Waals surface area contributed by atoms with Crippen LogP contribution in [0.15, 0.2) is 78.9 Å². The molecule has 33 heavy (non-hydrogen) atoms. The van der Waals surface area contributed by atoms with Gasteiger partial charge >= 0.3 is 0 Å². The molecule has 0 aliphatic carbocycles. The highest BCUT2D eigenvalue weighted by Crippen LogP contribution is 2.33. The van der Waals surface area contributed by atoms with Gasteiger partial charge < -0.3 is 5.32 Å². The Morgan fingerprint density at radius 3 is 2.48 bits per heavy atom. The van der Waals surface area contributed by atoms with Gasteiger partial charge in [0.05, 0.1) is 0 Å². The number of fused-ring (bicyclic) bond motifs is 1. The topological polar surface area (TPSA) is 71.8 Å². The first-order valence-corrected chi connectivity index (χ1v) is 11.0. The molecule has 0 saturated heterocycles. The van der Waals surface area contributed by atoms with Crippen molar-refractivity contribution in [2.45, 2.75) is 19.9 Å². The van der Waals surface area contributed by atoms with Crippen LogP contribution in [0.5, 0.6) is 0 Å². The van der Waals surface area contributed by atoms with E-state index in [1.54, 1.807) is 10.7 Å². The maximum atomic E-state index is 12.7. The van der Waals surface area contributed by atoms with Crippen LogP contribution in [0, 0.1) is 13.8 Å². The SMILES string of the molecule is Cc1ccc([C@@H]2C=C(c3ccc(Cl)cc3)Nc3nc(NC(=O)c4cccc(C)c4)nn32)cc1. The molecule has 1 aromatic heterocycles. The Kier molecular flexibility index (Phi) is 5.44. The Labute approximate surface area is 196 Å². The number of allylic oxidation sites excluding steroid dienone is 1. The van der Waals surface area contributed by atoms with Crippen molar-refractivity contribution in [3.8, 4) is 0 Å². The summed E-state index contributed by atoms with van der Waals surface area (Å²) in [5, 5.41) is 11.4. The maximum absolute atomic E-state index is 12.7. The molecule has 0 fully saturated rings. The molecule has 2 heterocycles. The van der Waals surface area contributed by atoms with Crippen molar-refractivity contribution in [1.82, 2.24) is 14.8 Å². The van der Waals surface area contributed by atoms with Crippen molar-refractivity contribution in [3.05, 3.63) is 112 Å². The minimum Gasteiger partial charge on any atom is -0.324 e. The first-order chi connectivity index (χ1) is 16.0. The van der Waals surface area contributed by atoms with Crippen molar-refractivity contribution in [3.63, 3.8) is 0 Å². The molecular formula is C26H22ClN5O. The number of carbonyl (C=O) groups is 1. The number of nitrogens with one attached hydrogen (secondary N) is 2. The number of amides is 1. The van der Waals surface area contributed by atoms with Crippen LogP contribution in [0.2, 0.25) is 5.02 Å². The molecule has 1 atom stereocenters. The predicted octanol–water partition coefficient (Wildman–Crippen LogP) is 5.86. The van der Waals surface area contributed by atoms with Crippen molar-refractivity contribution in [2.75, 3.05) is 10.6 Å². The number of aryl methyl sites for hydroxylation is 2. The normalized spacial score (nSPS) is 14.8. The molecule has 6 nitrogen and oxygen atoms in total. The van der Waals surface area contributed by atoms with E-state index in [0.29, 0.717) is 16.5 Å². The number of carbonyl (C=O) groups excluding carboxylic acids is 1. The Hall–Kier alpha value is -3.90. The molecule has 7 heteroatoms. The second-order valence-electron chi connectivity index (χ2n) is 8.09. The van der Waals surface area contributed by atoms with Crippen LogP contribution in [-0.4, -0.2) is 20.7 Å². The lowest BCUT2D eigenvalue weighted by Crippen LogP contribution is -2.20. The lowest BCUT2D eigenvalue weighted by Gasteiger charge is -2.24. The lowest BCUT2D eigenvalue weighted by atomic mass is 10.0. The first kappa shape index (κ1) is 21.0. The second-order valence-corrected chi connectivity index (χ2v) is 8.53. The van der Waals surface area contributed by atoms with E-state index in [-0.39, 0.29) is 17.9 Å². The molecule has 1 aliphatic heterocycles. The molecular weight excluding hydrogens is 434 g/mol. The third-order valence-electron chi connectivity index (χ3n) is 5.55. The summed E-state index contributed by atoms with van der Waals surface area (Å²) in [5.74, 6) is 0.541. The standard InChI is InChI=1S/C26H22ClN5O/c1-16-6-8-19(9-7-16)23-15-22(18-10-12-21(27)13-11-18)28-26-30-25(31-32(23)26)29-24(33)20-5-3-4-17(2)14-20/h3-15,23H,1-2H3,(H2,28,29,30,31,33)/t23-/m0/s1. The summed E-state index contributed by atoms with van der Waals surface area (Å²) in [6, 6.07) is 23.1. The molecule has 1 aliphatic rings. The summed E-state index contributed by atoms with van der Waals surface area (Å²) in [7, 11) is 0. The van der Waals surface area contributed by atoms with Crippen molar-refractivity contribution >= 4 is 35.1 Å². The van der Waals surface area contributed by atoms with Gasteiger partial charge in [0.25, 0.3) is 11.9 Å². The van der Waals surface area contributed by atoms with E-state index >= 15 is 0 Å². The summed E-state index contributed by atoms with van der Waals surface area (Å²) >= 11 is 6.08. The summed E-state index contributed by atoms with van der Waals surface area (Å²) in [6.07, 6.45) is 2.10. The monoisotopic (exact) mass is 455 g/mol. The van der Waals surface area contributed by atoms with Gasteiger partial charge in [0, 0.05) is 16.3 Å². The summed E-state index contributed by atoms with van der Waals surface area (Å²) in [5.41, 5.74) is 5.70. The lowest BCUT2D eigenvalue weighted by molar-refractivity contribution is 0.102. The van der Waals surface area contributed by atoms with Crippen LogP contribution in [0.25, 0.3) is 5.70 Å². The van der Waals surface area contributed by atoms with Gasteiger partial charge in [-0.2, -0.15) is 4.98 Å².